The van der Waals surface area contributed by atoms with Gasteiger partial charge in [-0.2, -0.15) is 0 Å². The van der Waals surface area contributed by atoms with E-state index in [1.54, 1.807) is 25.3 Å². The molecule has 0 aliphatic carbocycles. The number of hydrogen-bond acceptors (Lipinski definition) is 5. The van der Waals surface area contributed by atoms with Crippen molar-refractivity contribution in [2.45, 2.75) is 12.2 Å². The number of carbonyl (C=O) groups excluding carboxylic acids is 1. The van der Waals surface area contributed by atoms with Crippen LogP contribution in [-0.2, 0) is 4.79 Å². The molecule has 5 nitrogen and oxygen atoms in total. The Morgan fingerprint density at radius 2 is 2.33 bits per heavy atom. The van der Waals surface area contributed by atoms with E-state index >= 15 is 0 Å². The van der Waals surface area contributed by atoms with Crippen LogP contribution in [0.1, 0.15) is 6.92 Å². The number of nitrogen functional groups attached to an aromatic ring is 1. The molecule has 0 aromatic heterocycles. The van der Waals surface area contributed by atoms with Crippen LogP contribution in [0.2, 0.25) is 0 Å². The molecular weight excluding hydrogens is 252 g/mol. The Morgan fingerprint density at radius 1 is 1.61 bits per heavy atom. The molecule has 1 aromatic rings. The van der Waals surface area contributed by atoms with Gasteiger partial charge in [0.25, 0.3) is 0 Å². The van der Waals surface area contributed by atoms with Gasteiger partial charge < -0.3 is 20.9 Å². The lowest BCUT2D eigenvalue weighted by atomic mass is 10.2. The fraction of sp³-hybridized carbons (Fsp3) is 0.417. The molecule has 18 heavy (non-hydrogen) atoms. The van der Waals surface area contributed by atoms with E-state index in [4.69, 9.17) is 15.6 Å². The number of anilines is 2. The highest BCUT2D eigenvalue weighted by molar-refractivity contribution is 8.00. The summed E-state index contributed by atoms with van der Waals surface area (Å²) in [5.74, 6) is 0.790. The zero-order chi connectivity index (χ0) is 13.5. The van der Waals surface area contributed by atoms with Gasteiger partial charge in [-0.3, -0.25) is 4.79 Å². The number of nitrogens with two attached hydrogens (primary N) is 1. The molecule has 0 spiro atoms. The van der Waals surface area contributed by atoms with E-state index < -0.39 is 0 Å². The highest BCUT2D eigenvalue weighted by atomic mass is 32.2. The second kappa shape index (κ2) is 7.13. The Labute approximate surface area is 111 Å². The third kappa shape index (κ3) is 4.46. The van der Waals surface area contributed by atoms with Crippen LogP contribution in [-0.4, -0.2) is 35.7 Å². The third-order valence-electron chi connectivity index (χ3n) is 2.29. The molecule has 0 heterocycles. The number of benzene rings is 1. The number of rotatable bonds is 6. The molecule has 1 aromatic carbocycles. The van der Waals surface area contributed by atoms with Gasteiger partial charge in [-0.25, -0.2) is 0 Å². The van der Waals surface area contributed by atoms with Crippen molar-refractivity contribution in [3.63, 3.8) is 0 Å². The van der Waals surface area contributed by atoms with Crippen molar-refractivity contribution in [3.8, 4) is 5.75 Å². The van der Waals surface area contributed by atoms with Gasteiger partial charge in [-0.1, -0.05) is 6.92 Å². The second-order valence-corrected chi connectivity index (χ2v) is 5.23. The Kier molecular flexibility index (Phi) is 5.80. The Balaban J connectivity index is 2.54. The first-order chi connectivity index (χ1) is 8.56. The summed E-state index contributed by atoms with van der Waals surface area (Å²) in [6, 6.07) is 5.08. The highest BCUT2D eigenvalue weighted by Crippen LogP contribution is 2.24. The number of methoxy groups -OCH3 is 1. The van der Waals surface area contributed by atoms with Gasteiger partial charge in [0.1, 0.15) is 5.75 Å². The van der Waals surface area contributed by atoms with E-state index in [0.717, 1.165) is 0 Å². The topological polar surface area (TPSA) is 84.6 Å². The summed E-state index contributed by atoms with van der Waals surface area (Å²) in [7, 11) is 1.56. The van der Waals surface area contributed by atoms with E-state index in [1.807, 2.05) is 6.92 Å². The maximum absolute atomic E-state index is 11.6. The van der Waals surface area contributed by atoms with Gasteiger partial charge in [0.15, 0.2) is 0 Å². The maximum Gasteiger partial charge on any atom is 0.234 e. The van der Waals surface area contributed by atoms with E-state index in [9.17, 15) is 4.79 Å². The molecular formula is C12H18N2O3S. The molecule has 100 valence electrons. The number of nitrogens with one attached hydrogen (secondary N) is 1. The molecule has 0 radical (unpaired) electrons. The van der Waals surface area contributed by atoms with Crippen LogP contribution in [0.15, 0.2) is 18.2 Å². The molecule has 0 saturated carbocycles. The smallest absolute Gasteiger partial charge is 0.234 e. The summed E-state index contributed by atoms with van der Waals surface area (Å²) in [6.07, 6.45) is 0. The third-order valence-corrected chi connectivity index (χ3v) is 3.44. The fourth-order valence-electron chi connectivity index (χ4n) is 1.24. The van der Waals surface area contributed by atoms with Crippen molar-refractivity contribution in [2.75, 3.05) is 30.5 Å². The Morgan fingerprint density at radius 3 is 2.89 bits per heavy atom. The highest BCUT2D eigenvalue weighted by Gasteiger charge is 2.08. The molecule has 1 amide bonds. The van der Waals surface area contributed by atoms with Crippen LogP contribution in [0.4, 0.5) is 11.4 Å². The number of ether oxygens (including phenoxy) is 1. The summed E-state index contributed by atoms with van der Waals surface area (Å²) < 4.78 is 5.02. The molecule has 0 fully saturated rings. The number of aliphatic hydroxyl groups excluding tert-OH is 1. The van der Waals surface area contributed by atoms with Crippen LogP contribution >= 0.6 is 11.8 Å². The second-order valence-electron chi connectivity index (χ2n) is 3.81. The summed E-state index contributed by atoms with van der Waals surface area (Å²) >= 11 is 1.39. The predicted molar refractivity (Wildman–Crippen MR) is 75.0 cm³/mol. The van der Waals surface area contributed by atoms with Gasteiger partial charge >= 0.3 is 0 Å². The number of aliphatic hydroxyl groups is 1. The molecule has 4 N–H and O–H groups in total. The Bertz CT molecular complexity index is 412. The minimum atomic E-state index is -0.142. The van der Waals surface area contributed by atoms with Gasteiger partial charge in [0, 0.05) is 11.3 Å². The Hall–Kier alpha value is -1.40. The fourth-order valence-corrected chi connectivity index (χ4v) is 1.85. The van der Waals surface area contributed by atoms with Crippen LogP contribution in [0.3, 0.4) is 0 Å². The van der Waals surface area contributed by atoms with E-state index in [-0.39, 0.29) is 23.5 Å². The molecule has 0 aliphatic heterocycles. The first kappa shape index (κ1) is 14.7. The first-order valence-electron chi connectivity index (χ1n) is 5.52. The van der Waals surface area contributed by atoms with Gasteiger partial charge in [-0.15, -0.1) is 11.8 Å². The maximum atomic E-state index is 11.6. The van der Waals surface area contributed by atoms with Crippen molar-refractivity contribution in [1.82, 2.24) is 0 Å². The van der Waals surface area contributed by atoms with E-state index in [1.165, 1.54) is 11.8 Å². The van der Waals surface area contributed by atoms with Gasteiger partial charge in [-0.05, 0) is 12.1 Å². The van der Waals surface area contributed by atoms with Crippen molar-refractivity contribution in [3.05, 3.63) is 18.2 Å². The summed E-state index contributed by atoms with van der Waals surface area (Å²) in [6.45, 7) is 1.92. The molecule has 1 unspecified atom stereocenters. The summed E-state index contributed by atoms with van der Waals surface area (Å²) in [4.78, 5) is 11.6. The number of thioether (sulfide) groups is 1. The minimum absolute atomic E-state index is 0.0453. The lowest BCUT2D eigenvalue weighted by Crippen LogP contribution is -2.17. The number of amides is 1. The normalized spacial score (nSPS) is 11.9. The molecule has 0 bridgehead atoms. The molecule has 1 rings (SSSR count). The zero-order valence-electron chi connectivity index (χ0n) is 10.5. The number of hydrogen-bond donors (Lipinski definition) is 3. The standard InChI is InChI=1S/C12H18N2O3S/c1-8(6-15)18-7-12(16)14-11-4-3-9(17-2)5-10(11)13/h3-5,8,15H,6-7,13H2,1-2H3,(H,14,16). The minimum Gasteiger partial charge on any atom is -0.497 e. The monoisotopic (exact) mass is 270 g/mol. The zero-order valence-corrected chi connectivity index (χ0v) is 11.3. The SMILES string of the molecule is COc1ccc(NC(=O)CSC(C)CO)c(N)c1. The largest absolute Gasteiger partial charge is 0.497 e. The van der Waals surface area contributed by atoms with Crippen molar-refractivity contribution in [2.24, 2.45) is 0 Å². The first-order valence-corrected chi connectivity index (χ1v) is 6.57. The number of carbonyl (C=O) groups is 1. The lowest BCUT2D eigenvalue weighted by Gasteiger charge is -2.11. The molecule has 1 atom stereocenters. The predicted octanol–water partition coefficient (Wildman–Crippen LogP) is 1.33. The van der Waals surface area contributed by atoms with E-state index in [2.05, 4.69) is 5.32 Å². The van der Waals surface area contributed by atoms with Crippen LogP contribution in [0, 0.1) is 0 Å². The molecule has 6 heteroatoms. The lowest BCUT2D eigenvalue weighted by molar-refractivity contribution is -0.113. The van der Waals surface area contributed by atoms with Crippen molar-refractivity contribution < 1.29 is 14.6 Å². The van der Waals surface area contributed by atoms with Gasteiger partial charge in [0.2, 0.25) is 5.91 Å². The quantitative estimate of drug-likeness (QED) is 0.679. The van der Waals surface area contributed by atoms with Crippen LogP contribution in [0.25, 0.3) is 0 Å². The summed E-state index contributed by atoms with van der Waals surface area (Å²) in [5.41, 5.74) is 6.81. The summed E-state index contributed by atoms with van der Waals surface area (Å²) in [5, 5.41) is 11.6. The van der Waals surface area contributed by atoms with Crippen molar-refractivity contribution in [1.29, 1.82) is 0 Å². The molecule has 0 saturated heterocycles. The van der Waals surface area contributed by atoms with E-state index in [0.29, 0.717) is 17.1 Å². The molecule has 0 aliphatic rings. The van der Waals surface area contributed by atoms with Crippen molar-refractivity contribution >= 4 is 29.0 Å². The van der Waals surface area contributed by atoms with Gasteiger partial charge in [0.05, 0.1) is 30.8 Å². The average molecular weight is 270 g/mol. The van der Waals surface area contributed by atoms with Crippen LogP contribution in [0.5, 0.6) is 5.75 Å². The average Bonchev–Trinajstić information content (AvgIpc) is 2.38. The van der Waals surface area contributed by atoms with Crippen LogP contribution < -0.4 is 15.8 Å².